The number of benzene rings is 5. The lowest BCUT2D eigenvalue weighted by Crippen LogP contribution is -2.19. The summed E-state index contributed by atoms with van der Waals surface area (Å²) in [6, 6.07) is 39.4. The van der Waals surface area contributed by atoms with E-state index in [2.05, 4.69) is 245 Å². The van der Waals surface area contributed by atoms with Crippen molar-refractivity contribution in [3.8, 4) is 5.75 Å². The average Bonchev–Trinajstić information content (AvgIpc) is 3.35. The fraction of sp³-hybridized carbons (Fsp3) is 0.206. The van der Waals surface area contributed by atoms with Crippen LogP contribution < -0.4 is 14.5 Å². The van der Waals surface area contributed by atoms with E-state index in [0.29, 0.717) is 12.3 Å². The number of anilines is 4. The Morgan fingerprint density at radius 2 is 1.55 bits per heavy atom. The molecule has 0 saturated heterocycles. The van der Waals surface area contributed by atoms with E-state index in [1.54, 1.807) is 0 Å². The molecule has 5 aromatic carbocycles. The summed E-state index contributed by atoms with van der Waals surface area (Å²) in [5, 5.41) is 2.39. The van der Waals surface area contributed by atoms with Crippen molar-refractivity contribution in [2.45, 2.75) is 78.7 Å². The van der Waals surface area contributed by atoms with E-state index in [9.17, 15) is 0 Å². The van der Waals surface area contributed by atoms with Crippen LogP contribution in [0.2, 0.25) is 0 Å². The first kappa shape index (κ1) is 46.2. The van der Waals surface area contributed by atoms with Gasteiger partial charge in [0.15, 0.2) is 0 Å². The molecule has 2 aliphatic heterocycles. The molecular weight excluding hydrogens is 817 g/mol. The summed E-state index contributed by atoms with van der Waals surface area (Å²) in [7, 11) is 0. The van der Waals surface area contributed by atoms with Gasteiger partial charge in [0.2, 0.25) is 0 Å². The zero-order chi connectivity index (χ0) is 46.5. The largest absolute Gasteiger partial charge is 0.482 e. The summed E-state index contributed by atoms with van der Waals surface area (Å²) >= 11 is 0. The monoisotopic (exact) mass is 880 g/mol. The number of hydrogen-bond donors (Lipinski definition) is 0. The molecule has 67 heavy (non-hydrogen) atoms. The maximum Gasteiger partial charge on any atom is 0.135 e. The lowest BCUT2D eigenvalue weighted by Gasteiger charge is -2.31. The summed E-state index contributed by atoms with van der Waals surface area (Å²) < 4.78 is 12.9. The molecule has 4 heteroatoms. The number of ether oxygens (including phenoxy) is 2. The zero-order valence-corrected chi connectivity index (χ0v) is 39.9. The van der Waals surface area contributed by atoms with Crippen LogP contribution in [0.1, 0.15) is 89.3 Å². The number of hydrogen-bond acceptors (Lipinski definition) is 4. The van der Waals surface area contributed by atoms with E-state index in [1.807, 2.05) is 6.08 Å². The normalized spacial score (nSPS) is 21.8. The van der Waals surface area contributed by atoms with Crippen molar-refractivity contribution in [2.75, 3.05) is 16.3 Å². The quantitative estimate of drug-likeness (QED) is 0.117. The molecule has 338 valence electrons. The van der Waals surface area contributed by atoms with Crippen molar-refractivity contribution < 1.29 is 9.47 Å². The first-order valence-corrected chi connectivity index (χ1v) is 23.9. The second-order valence-electron chi connectivity index (χ2n) is 17.6. The van der Waals surface area contributed by atoms with E-state index >= 15 is 0 Å². The molecule has 3 aliphatic rings. The van der Waals surface area contributed by atoms with Crippen molar-refractivity contribution in [1.82, 2.24) is 0 Å². The van der Waals surface area contributed by atoms with Crippen LogP contribution in [0, 0.1) is 0 Å². The van der Waals surface area contributed by atoms with Gasteiger partial charge in [-0.05, 0) is 153 Å². The van der Waals surface area contributed by atoms with E-state index < -0.39 is 0 Å². The van der Waals surface area contributed by atoms with Gasteiger partial charge in [0, 0.05) is 52.4 Å². The highest BCUT2D eigenvalue weighted by Gasteiger charge is 2.23. The second kappa shape index (κ2) is 22.3. The van der Waals surface area contributed by atoms with Gasteiger partial charge >= 0.3 is 0 Å². The second-order valence-corrected chi connectivity index (χ2v) is 17.6. The Morgan fingerprint density at radius 3 is 2.33 bits per heavy atom. The Hall–Kier alpha value is -7.30. The van der Waals surface area contributed by atoms with Gasteiger partial charge in [0.1, 0.15) is 23.4 Å². The molecule has 4 nitrogen and oxygen atoms in total. The summed E-state index contributed by atoms with van der Waals surface area (Å²) in [6.45, 7) is 15.8. The van der Waals surface area contributed by atoms with Crippen LogP contribution in [-0.4, -0.2) is 12.6 Å². The minimum Gasteiger partial charge on any atom is -0.482 e. The van der Waals surface area contributed by atoms with Gasteiger partial charge in [0.05, 0.1) is 0 Å². The molecule has 8 rings (SSSR count). The number of nitrogens with zero attached hydrogens (tertiary/aromatic N) is 2. The van der Waals surface area contributed by atoms with Gasteiger partial charge in [-0.3, -0.25) is 0 Å². The molecule has 0 bridgehead atoms. The Labute approximate surface area is 399 Å². The van der Waals surface area contributed by atoms with Crippen LogP contribution in [0.4, 0.5) is 22.7 Å². The molecule has 0 fully saturated rings. The van der Waals surface area contributed by atoms with Crippen molar-refractivity contribution in [1.29, 1.82) is 0 Å². The third kappa shape index (κ3) is 11.4. The van der Waals surface area contributed by atoms with Crippen LogP contribution in [0.3, 0.4) is 0 Å². The van der Waals surface area contributed by atoms with E-state index in [0.717, 1.165) is 71.9 Å². The fourth-order valence-corrected chi connectivity index (χ4v) is 8.90. The standard InChI is InChI=1S/C63H64N2O2/c1-7-46(3)23-21-32-56-40-38-51-43-55(39-41-63(51)67-56)65(53-29-15-11-16-30-53)54-31-17-9-12-25-48(5)59-45-61(58-34-19-18-33-57(58)60(59)44-54)64(52-27-13-10-14-28-52)42-22-35-62-50(8-2)37-36-47(4)24-20-26-49(6)66-62/h7,9-22,25-30,32-36,38-41,43-45,48,56H,6,8,23-24,31,37,42H2,1-5H3/b17-9-,25-12-,26-20-,32-21-,35-22-,46-7-,47-36-,54-44+,62-50-. The fourth-order valence-electron chi connectivity index (χ4n) is 8.90. The lowest BCUT2D eigenvalue weighted by molar-refractivity contribution is 0.292. The van der Waals surface area contributed by atoms with Crippen molar-refractivity contribution in [3.05, 3.63) is 245 Å². The molecule has 0 radical (unpaired) electrons. The Morgan fingerprint density at radius 1 is 0.791 bits per heavy atom. The van der Waals surface area contributed by atoms with Crippen molar-refractivity contribution >= 4 is 45.7 Å². The molecule has 2 atom stereocenters. The highest BCUT2D eigenvalue weighted by atomic mass is 16.5. The first-order chi connectivity index (χ1) is 32.8. The number of para-hydroxylation sites is 2. The van der Waals surface area contributed by atoms with Crippen LogP contribution in [-0.2, 0) is 4.74 Å². The predicted molar refractivity (Wildman–Crippen MR) is 287 cm³/mol. The van der Waals surface area contributed by atoms with Gasteiger partial charge in [0.25, 0.3) is 0 Å². The van der Waals surface area contributed by atoms with Crippen LogP contribution >= 0.6 is 0 Å². The zero-order valence-electron chi connectivity index (χ0n) is 39.9. The Kier molecular flexibility index (Phi) is 15.4. The molecule has 0 amide bonds. The summed E-state index contributed by atoms with van der Waals surface area (Å²) in [4.78, 5) is 4.85. The van der Waals surface area contributed by atoms with E-state index in [-0.39, 0.29) is 12.0 Å². The van der Waals surface area contributed by atoms with Crippen molar-refractivity contribution in [3.63, 3.8) is 0 Å². The van der Waals surface area contributed by atoms with E-state index in [1.165, 1.54) is 44.3 Å². The molecule has 2 unspecified atom stereocenters. The molecule has 0 aromatic heterocycles. The van der Waals surface area contributed by atoms with Gasteiger partial charge < -0.3 is 19.3 Å². The Balaban J connectivity index is 1.24. The first-order valence-electron chi connectivity index (χ1n) is 23.9. The van der Waals surface area contributed by atoms with E-state index in [4.69, 9.17) is 9.47 Å². The van der Waals surface area contributed by atoms with Gasteiger partial charge in [-0.1, -0.05) is 153 Å². The smallest absolute Gasteiger partial charge is 0.135 e. The highest BCUT2D eigenvalue weighted by molar-refractivity contribution is 6.03. The van der Waals surface area contributed by atoms with Gasteiger partial charge in [-0.25, -0.2) is 0 Å². The van der Waals surface area contributed by atoms with Crippen LogP contribution in [0.25, 0.3) is 22.9 Å². The maximum absolute atomic E-state index is 6.49. The molecule has 5 aromatic rings. The maximum atomic E-state index is 6.49. The number of fused-ring (bicyclic) bond motifs is 4. The molecule has 0 saturated carbocycles. The summed E-state index contributed by atoms with van der Waals surface area (Å²) in [5.74, 6) is 2.53. The SMILES string of the molecule is C=C1/C=C\C/C(C)=C\C/C(CC)=C(/C=C\CN(c2ccccc2)c2cc3c(c4ccccc24)/C=C(/N(c2ccccc2)c2ccc4c(c2)C=CC(/C=C\C/C(C)=C\C)O4)C/C=C\C=C/C3C)O1. The van der Waals surface area contributed by atoms with Crippen LogP contribution in [0.5, 0.6) is 5.75 Å². The predicted octanol–water partition coefficient (Wildman–Crippen LogP) is 17.5. The highest BCUT2D eigenvalue weighted by Crippen LogP contribution is 2.43. The van der Waals surface area contributed by atoms with Gasteiger partial charge in [-0.2, -0.15) is 0 Å². The topological polar surface area (TPSA) is 24.9 Å². The molecular formula is C63H64N2O2. The lowest BCUT2D eigenvalue weighted by atomic mass is 9.88. The molecule has 0 N–H and O–H groups in total. The number of rotatable bonds is 12. The molecule has 2 heterocycles. The summed E-state index contributed by atoms with van der Waals surface area (Å²) in [6.07, 6.45) is 37.3. The van der Waals surface area contributed by atoms with Crippen LogP contribution in [0.15, 0.2) is 229 Å². The average molecular weight is 881 g/mol. The number of allylic oxidation sites excluding steroid dienone is 13. The third-order valence-electron chi connectivity index (χ3n) is 12.8. The van der Waals surface area contributed by atoms with Gasteiger partial charge in [-0.15, -0.1) is 0 Å². The minimum absolute atomic E-state index is 0.0983. The van der Waals surface area contributed by atoms with Crippen molar-refractivity contribution in [2.24, 2.45) is 0 Å². The minimum atomic E-state index is -0.0983. The third-order valence-corrected chi connectivity index (χ3v) is 12.8. The molecule has 1 aliphatic carbocycles. The summed E-state index contributed by atoms with van der Waals surface area (Å²) in [5.41, 5.74) is 13.1. The molecule has 0 spiro atoms. The Bertz CT molecular complexity index is 2880.